The average Bonchev–Trinajstić information content (AvgIpc) is 3.15. The molecule has 0 radical (unpaired) electrons. The van der Waals surface area contributed by atoms with Gasteiger partial charge >= 0.3 is 6.01 Å². The van der Waals surface area contributed by atoms with Crippen LogP contribution in [0.4, 0.5) is 10.1 Å². The topological polar surface area (TPSA) is 81.9 Å². The highest BCUT2D eigenvalue weighted by molar-refractivity contribution is 6.04. The second-order valence-electron chi connectivity index (χ2n) is 6.94. The molecule has 0 aliphatic heterocycles. The van der Waals surface area contributed by atoms with Crippen LogP contribution >= 0.6 is 0 Å². The van der Waals surface area contributed by atoms with E-state index in [9.17, 15) is 9.18 Å². The molecular formula is C23H20FN5O2. The highest BCUT2D eigenvalue weighted by Gasteiger charge is 2.18. The maximum Gasteiger partial charge on any atom is 0.322 e. The summed E-state index contributed by atoms with van der Waals surface area (Å²) in [5.74, 6) is -0.819. The zero-order valence-corrected chi connectivity index (χ0v) is 17.3. The zero-order valence-electron chi connectivity index (χ0n) is 17.3. The molecule has 4 rings (SSSR count). The third-order valence-corrected chi connectivity index (χ3v) is 4.71. The SMILES string of the molecule is Cc1nc(Oc2ccccc2F)nc(C)c1NC(=O)c1cc(-c2ccccc2)nn1C. The summed E-state index contributed by atoms with van der Waals surface area (Å²) in [7, 11) is 1.71. The van der Waals surface area contributed by atoms with Gasteiger partial charge in [-0.1, -0.05) is 42.5 Å². The molecule has 2 aromatic carbocycles. The summed E-state index contributed by atoms with van der Waals surface area (Å²) in [5, 5.41) is 7.28. The minimum Gasteiger partial charge on any atom is -0.421 e. The number of hydrogen-bond acceptors (Lipinski definition) is 5. The summed E-state index contributed by atoms with van der Waals surface area (Å²) in [6.45, 7) is 3.44. The van der Waals surface area contributed by atoms with Gasteiger partial charge in [-0.15, -0.1) is 0 Å². The van der Waals surface area contributed by atoms with Gasteiger partial charge in [-0.05, 0) is 32.0 Å². The molecule has 1 N–H and O–H groups in total. The number of nitrogens with one attached hydrogen (secondary N) is 1. The lowest BCUT2D eigenvalue weighted by molar-refractivity contribution is 0.101. The van der Waals surface area contributed by atoms with Crippen molar-refractivity contribution in [1.82, 2.24) is 19.7 Å². The number of amides is 1. The van der Waals surface area contributed by atoms with Gasteiger partial charge in [-0.2, -0.15) is 15.1 Å². The lowest BCUT2D eigenvalue weighted by Gasteiger charge is -2.12. The van der Waals surface area contributed by atoms with E-state index in [1.807, 2.05) is 30.3 Å². The number of para-hydroxylation sites is 1. The number of hydrogen-bond donors (Lipinski definition) is 1. The number of carbonyl (C=O) groups excluding carboxylic acids is 1. The minimum absolute atomic E-state index is 0.00463. The Labute approximate surface area is 178 Å². The molecule has 0 saturated heterocycles. The Morgan fingerprint density at radius 1 is 1.00 bits per heavy atom. The first-order valence-electron chi connectivity index (χ1n) is 9.61. The van der Waals surface area contributed by atoms with Crippen LogP contribution < -0.4 is 10.1 Å². The lowest BCUT2D eigenvalue weighted by Crippen LogP contribution is -2.18. The normalized spacial score (nSPS) is 10.7. The summed E-state index contributed by atoms with van der Waals surface area (Å²) in [6.07, 6.45) is 0. The number of nitrogens with zero attached hydrogens (tertiary/aromatic N) is 4. The van der Waals surface area contributed by atoms with Crippen molar-refractivity contribution in [3.63, 3.8) is 0 Å². The van der Waals surface area contributed by atoms with Crippen LogP contribution in [0.25, 0.3) is 11.3 Å². The number of rotatable bonds is 5. The number of ether oxygens (including phenoxy) is 1. The van der Waals surface area contributed by atoms with Crippen molar-refractivity contribution in [2.45, 2.75) is 13.8 Å². The second-order valence-corrected chi connectivity index (χ2v) is 6.94. The van der Waals surface area contributed by atoms with Crippen molar-refractivity contribution in [3.8, 4) is 23.0 Å². The third-order valence-electron chi connectivity index (χ3n) is 4.71. The van der Waals surface area contributed by atoms with Gasteiger partial charge in [-0.25, -0.2) is 4.39 Å². The molecule has 31 heavy (non-hydrogen) atoms. The van der Waals surface area contributed by atoms with Crippen molar-refractivity contribution in [3.05, 3.63) is 83.6 Å². The average molecular weight is 417 g/mol. The molecule has 0 fully saturated rings. The molecule has 0 aliphatic rings. The van der Waals surface area contributed by atoms with Crippen LogP contribution in [-0.4, -0.2) is 25.7 Å². The number of anilines is 1. The summed E-state index contributed by atoms with van der Waals surface area (Å²) in [5.41, 5.74) is 3.47. The van der Waals surface area contributed by atoms with Gasteiger partial charge in [0.25, 0.3) is 5.91 Å². The van der Waals surface area contributed by atoms with Crippen molar-refractivity contribution in [2.24, 2.45) is 7.05 Å². The van der Waals surface area contributed by atoms with Crippen molar-refractivity contribution in [1.29, 1.82) is 0 Å². The number of aryl methyl sites for hydroxylation is 3. The Balaban J connectivity index is 1.56. The van der Waals surface area contributed by atoms with Gasteiger partial charge in [0, 0.05) is 12.6 Å². The van der Waals surface area contributed by atoms with Crippen LogP contribution in [0.3, 0.4) is 0 Å². The maximum absolute atomic E-state index is 13.8. The van der Waals surface area contributed by atoms with E-state index in [2.05, 4.69) is 20.4 Å². The Morgan fingerprint density at radius 2 is 1.65 bits per heavy atom. The quantitative estimate of drug-likeness (QED) is 0.510. The van der Waals surface area contributed by atoms with Gasteiger partial charge in [0.2, 0.25) is 0 Å². The van der Waals surface area contributed by atoms with E-state index >= 15 is 0 Å². The zero-order chi connectivity index (χ0) is 22.0. The minimum atomic E-state index is -0.510. The molecule has 8 heteroatoms. The first-order valence-corrected chi connectivity index (χ1v) is 9.61. The first kappa shape index (κ1) is 20.2. The van der Waals surface area contributed by atoms with E-state index in [0.29, 0.717) is 28.5 Å². The fraction of sp³-hybridized carbons (Fsp3) is 0.130. The predicted octanol–water partition coefficient (Wildman–Crippen LogP) is 4.68. The molecule has 4 aromatic rings. The van der Waals surface area contributed by atoms with Crippen LogP contribution in [-0.2, 0) is 7.05 Å². The summed E-state index contributed by atoms with van der Waals surface area (Å²) < 4.78 is 20.8. The molecule has 2 heterocycles. The molecule has 1 amide bonds. The van der Waals surface area contributed by atoms with E-state index in [0.717, 1.165) is 5.56 Å². The fourth-order valence-corrected chi connectivity index (χ4v) is 3.15. The Hall–Kier alpha value is -4.07. The summed E-state index contributed by atoms with van der Waals surface area (Å²) >= 11 is 0. The molecule has 0 spiro atoms. The second kappa shape index (κ2) is 8.35. The van der Waals surface area contributed by atoms with E-state index in [-0.39, 0.29) is 17.7 Å². The van der Waals surface area contributed by atoms with E-state index in [1.54, 1.807) is 39.1 Å². The molecule has 0 unspecified atom stereocenters. The van der Waals surface area contributed by atoms with Crippen LogP contribution in [0.15, 0.2) is 60.7 Å². The van der Waals surface area contributed by atoms with E-state index in [1.165, 1.54) is 16.8 Å². The van der Waals surface area contributed by atoms with Crippen molar-refractivity contribution < 1.29 is 13.9 Å². The van der Waals surface area contributed by atoms with Gasteiger partial charge < -0.3 is 10.1 Å². The lowest BCUT2D eigenvalue weighted by atomic mass is 10.1. The molecule has 2 aromatic heterocycles. The van der Waals surface area contributed by atoms with E-state index < -0.39 is 5.82 Å². The molecule has 0 saturated carbocycles. The Kier molecular flexibility index (Phi) is 5.44. The fourth-order valence-electron chi connectivity index (χ4n) is 3.15. The molecule has 0 aliphatic carbocycles. The predicted molar refractivity (Wildman–Crippen MR) is 115 cm³/mol. The van der Waals surface area contributed by atoms with Gasteiger partial charge in [-0.3, -0.25) is 9.48 Å². The van der Waals surface area contributed by atoms with Gasteiger partial charge in [0.1, 0.15) is 5.69 Å². The number of halogens is 1. The highest BCUT2D eigenvalue weighted by Crippen LogP contribution is 2.26. The van der Waals surface area contributed by atoms with Gasteiger partial charge in [0.05, 0.1) is 22.8 Å². The Morgan fingerprint density at radius 3 is 2.32 bits per heavy atom. The van der Waals surface area contributed by atoms with E-state index in [4.69, 9.17) is 4.74 Å². The molecular weight excluding hydrogens is 397 g/mol. The highest BCUT2D eigenvalue weighted by atomic mass is 19.1. The third kappa shape index (κ3) is 4.28. The van der Waals surface area contributed by atoms with Crippen LogP contribution in [0.1, 0.15) is 21.9 Å². The van der Waals surface area contributed by atoms with Gasteiger partial charge in [0.15, 0.2) is 11.6 Å². The van der Waals surface area contributed by atoms with Crippen molar-refractivity contribution in [2.75, 3.05) is 5.32 Å². The first-order chi connectivity index (χ1) is 14.9. The van der Waals surface area contributed by atoms with Crippen LogP contribution in [0.2, 0.25) is 0 Å². The molecule has 0 bridgehead atoms. The smallest absolute Gasteiger partial charge is 0.322 e. The largest absolute Gasteiger partial charge is 0.421 e. The Bertz CT molecular complexity index is 1230. The number of benzene rings is 2. The van der Waals surface area contributed by atoms with Crippen molar-refractivity contribution >= 4 is 11.6 Å². The maximum atomic E-state index is 13.8. The number of aromatic nitrogens is 4. The monoisotopic (exact) mass is 417 g/mol. The summed E-state index contributed by atoms with van der Waals surface area (Å²) in [6, 6.07) is 17.4. The molecule has 7 nitrogen and oxygen atoms in total. The summed E-state index contributed by atoms with van der Waals surface area (Å²) in [4.78, 5) is 21.4. The van der Waals surface area contributed by atoms with Crippen LogP contribution in [0, 0.1) is 19.7 Å². The van der Waals surface area contributed by atoms with Crippen LogP contribution in [0.5, 0.6) is 11.8 Å². The molecule has 156 valence electrons. The number of carbonyl (C=O) groups is 1. The standard InChI is InChI=1S/C23H20FN5O2/c1-14-21(15(2)26-23(25-14)31-20-12-8-7-11-17(20)24)27-22(30)19-13-18(28-29(19)3)16-9-5-4-6-10-16/h4-13H,1-3H3,(H,27,30). The molecule has 0 atom stereocenters.